The molecule has 1 aliphatic rings. The summed E-state index contributed by atoms with van der Waals surface area (Å²) in [5, 5.41) is 3.16. The van der Waals surface area contributed by atoms with Gasteiger partial charge in [-0.2, -0.15) is 0 Å². The Hall–Kier alpha value is -1.68. The van der Waals surface area contributed by atoms with Crippen molar-refractivity contribution >= 4 is 11.8 Å². The highest BCUT2D eigenvalue weighted by Gasteiger charge is 2.26. The fourth-order valence-corrected chi connectivity index (χ4v) is 3.14. The first-order valence-electron chi connectivity index (χ1n) is 8.33. The second-order valence-electron chi connectivity index (χ2n) is 7.22. The minimum absolute atomic E-state index is 0.281. The minimum atomic E-state index is -0.513. The number of ketones is 1. The molecule has 0 aliphatic heterocycles. The van der Waals surface area contributed by atoms with E-state index >= 15 is 0 Å². The lowest BCUT2D eigenvalue weighted by atomic mass is 9.80. The van der Waals surface area contributed by atoms with Crippen LogP contribution in [0.2, 0.25) is 0 Å². The number of hydrogen-bond donors (Lipinski definition) is 1. The second-order valence-corrected chi connectivity index (χ2v) is 7.22. The number of benzene rings is 1. The van der Waals surface area contributed by atoms with Crippen LogP contribution in [-0.2, 0) is 16.1 Å². The lowest BCUT2D eigenvalue weighted by Gasteiger charge is -2.26. The summed E-state index contributed by atoms with van der Waals surface area (Å²) in [6, 6.07) is 5.84. The van der Waals surface area contributed by atoms with E-state index in [1.54, 1.807) is 0 Å². The molecule has 0 atom stereocenters. The molecule has 1 aliphatic carbocycles. The van der Waals surface area contributed by atoms with Crippen LogP contribution in [0.3, 0.4) is 0 Å². The molecular formula is C19H27NO3. The number of carbonyl (C=O) groups excluding carboxylic acids is 2. The Morgan fingerprint density at radius 3 is 2.48 bits per heavy atom. The van der Waals surface area contributed by atoms with E-state index in [0.717, 1.165) is 18.4 Å². The van der Waals surface area contributed by atoms with Gasteiger partial charge in [-0.05, 0) is 63.8 Å². The molecule has 1 saturated carbocycles. The Morgan fingerprint density at radius 1 is 1.26 bits per heavy atom. The summed E-state index contributed by atoms with van der Waals surface area (Å²) in [4.78, 5) is 24.0. The molecule has 0 amide bonds. The topological polar surface area (TPSA) is 55.4 Å². The molecule has 1 N–H and O–H groups in total. The van der Waals surface area contributed by atoms with E-state index < -0.39 is 5.60 Å². The average molecular weight is 317 g/mol. The zero-order valence-corrected chi connectivity index (χ0v) is 14.6. The summed E-state index contributed by atoms with van der Waals surface area (Å²) in [5.74, 6) is 0.412. The SMILES string of the molecule is CNCc1c(C(=O)OC(C)(C)C)cccc1C1CCC(=O)CC1. The van der Waals surface area contributed by atoms with E-state index in [0.29, 0.717) is 36.7 Å². The van der Waals surface area contributed by atoms with Gasteiger partial charge in [-0.25, -0.2) is 4.79 Å². The smallest absolute Gasteiger partial charge is 0.338 e. The van der Waals surface area contributed by atoms with Crippen molar-refractivity contribution in [3.8, 4) is 0 Å². The van der Waals surface area contributed by atoms with Gasteiger partial charge in [-0.15, -0.1) is 0 Å². The van der Waals surface area contributed by atoms with Gasteiger partial charge in [-0.3, -0.25) is 4.79 Å². The van der Waals surface area contributed by atoms with Crippen molar-refractivity contribution in [1.82, 2.24) is 5.32 Å². The van der Waals surface area contributed by atoms with Gasteiger partial charge in [0.2, 0.25) is 0 Å². The molecule has 0 unspecified atom stereocenters. The van der Waals surface area contributed by atoms with Gasteiger partial charge < -0.3 is 10.1 Å². The van der Waals surface area contributed by atoms with E-state index in [9.17, 15) is 9.59 Å². The Bertz CT molecular complexity index is 577. The molecular weight excluding hydrogens is 290 g/mol. The summed E-state index contributed by atoms with van der Waals surface area (Å²) in [6.07, 6.45) is 3.02. The Morgan fingerprint density at radius 2 is 1.91 bits per heavy atom. The van der Waals surface area contributed by atoms with Crippen LogP contribution < -0.4 is 5.32 Å². The molecule has 1 aromatic rings. The third kappa shape index (κ3) is 4.64. The van der Waals surface area contributed by atoms with Crippen molar-refractivity contribution < 1.29 is 14.3 Å². The van der Waals surface area contributed by atoms with Crippen LogP contribution in [0.4, 0.5) is 0 Å². The van der Waals surface area contributed by atoms with Crippen LogP contribution in [0.25, 0.3) is 0 Å². The molecule has 126 valence electrons. The van der Waals surface area contributed by atoms with Crippen LogP contribution in [0.15, 0.2) is 18.2 Å². The first-order chi connectivity index (χ1) is 10.8. The number of carbonyl (C=O) groups is 2. The molecule has 1 fully saturated rings. The predicted octanol–water partition coefficient (Wildman–Crippen LogP) is 3.59. The summed E-state index contributed by atoms with van der Waals surface area (Å²) in [5.41, 5.74) is 2.30. The molecule has 0 saturated heterocycles. The quantitative estimate of drug-likeness (QED) is 0.862. The van der Waals surface area contributed by atoms with Gasteiger partial charge in [0, 0.05) is 19.4 Å². The Kier molecular flexibility index (Phi) is 5.58. The first-order valence-corrected chi connectivity index (χ1v) is 8.33. The molecule has 0 spiro atoms. The van der Waals surface area contributed by atoms with Crippen LogP contribution >= 0.6 is 0 Å². The molecule has 0 radical (unpaired) electrons. The van der Waals surface area contributed by atoms with Crippen LogP contribution in [-0.4, -0.2) is 24.4 Å². The molecule has 2 rings (SSSR count). The fraction of sp³-hybridized carbons (Fsp3) is 0.579. The highest BCUT2D eigenvalue weighted by atomic mass is 16.6. The van der Waals surface area contributed by atoms with E-state index in [1.165, 1.54) is 5.56 Å². The van der Waals surface area contributed by atoms with Gasteiger partial charge in [0.05, 0.1) is 5.56 Å². The molecule has 1 aromatic carbocycles. The number of Topliss-reactive ketones (excluding diaryl/α,β-unsaturated/α-hetero) is 1. The molecule has 23 heavy (non-hydrogen) atoms. The summed E-state index contributed by atoms with van der Waals surface area (Å²) in [7, 11) is 1.88. The number of rotatable bonds is 4. The van der Waals surface area contributed by atoms with Crippen molar-refractivity contribution in [2.45, 2.75) is 64.5 Å². The highest BCUT2D eigenvalue weighted by molar-refractivity contribution is 5.92. The molecule has 0 bridgehead atoms. The van der Waals surface area contributed by atoms with Gasteiger partial charge in [-0.1, -0.05) is 12.1 Å². The zero-order chi connectivity index (χ0) is 17.0. The molecule has 4 nitrogen and oxygen atoms in total. The van der Waals surface area contributed by atoms with Crippen molar-refractivity contribution in [1.29, 1.82) is 0 Å². The van der Waals surface area contributed by atoms with Gasteiger partial charge >= 0.3 is 5.97 Å². The summed E-state index contributed by atoms with van der Waals surface area (Å²) >= 11 is 0. The standard InChI is InChI=1S/C19H27NO3/c1-19(2,3)23-18(22)16-7-5-6-15(17(16)12-20-4)13-8-10-14(21)11-9-13/h5-7,13,20H,8-12H2,1-4H3. The zero-order valence-electron chi connectivity index (χ0n) is 14.6. The lowest BCUT2D eigenvalue weighted by Crippen LogP contribution is -2.26. The Balaban J connectivity index is 2.34. The van der Waals surface area contributed by atoms with Crippen LogP contribution in [0.1, 0.15) is 73.9 Å². The largest absolute Gasteiger partial charge is 0.456 e. The van der Waals surface area contributed by atoms with E-state index in [-0.39, 0.29) is 5.97 Å². The predicted molar refractivity (Wildman–Crippen MR) is 90.6 cm³/mol. The fourth-order valence-electron chi connectivity index (χ4n) is 3.14. The second kappa shape index (κ2) is 7.26. The maximum atomic E-state index is 12.5. The maximum absolute atomic E-state index is 12.5. The van der Waals surface area contributed by atoms with E-state index in [4.69, 9.17) is 4.74 Å². The van der Waals surface area contributed by atoms with E-state index in [1.807, 2.05) is 40.0 Å². The third-order valence-corrected chi connectivity index (χ3v) is 4.17. The molecule has 0 heterocycles. The number of nitrogens with one attached hydrogen (secondary N) is 1. The third-order valence-electron chi connectivity index (χ3n) is 4.17. The van der Waals surface area contributed by atoms with Crippen molar-refractivity contribution in [2.75, 3.05) is 7.05 Å². The molecule has 4 heteroatoms. The van der Waals surface area contributed by atoms with Gasteiger partial charge in [0.1, 0.15) is 11.4 Å². The van der Waals surface area contributed by atoms with Crippen molar-refractivity contribution in [3.05, 3.63) is 34.9 Å². The number of ether oxygens (including phenoxy) is 1. The lowest BCUT2D eigenvalue weighted by molar-refractivity contribution is -0.120. The van der Waals surface area contributed by atoms with Crippen LogP contribution in [0, 0.1) is 0 Å². The van der Waals surface area contributed by atoms with Crippen molar-refractivity contribution in [3.63, 3.8) is 0 Å². The summed E-state index contributed by atoms with van der Waals surface area (Å²) < 4.78 is 5.55. The maximum Gasteiger partial charge on any atom is 0.338 e. The minimum Gasteiger partial charge on any atom is -0.456 e. The summed E-state index contributed by atoms with van der Waals surface area (Å²) in [6.45, 7) is 6.24. The number of esters is 1. The van der Waals surface area contributed by atoms with Gasteiger partial charge in [0.15, 0.2) is 0 Å². The average Bonchev–Trinajstić information content (AvgIpc) is 2.47. The normalized spacial score (nSPS) is 16.4. The van der Waals surface area contributed by atoms with Gasteiger partial charge in [0.25, 0.3) is 0 Å². The molecule has 0 aromatic heterocycles. The van der Waals surface area contributed by atoms with Crippen molar-refractivity contribution in [2.24, 2.45) is 0 Å². The van der Waals surface area contributed by atoms with E-state index in [2.05, 4.69) is 11.4 Å². The highest BCUT2D eigenvalue weighted by Crippen LogP contribution is 2.34. The first kappa shape index (κ1) is 17.7. The monoisotopic (exact) mass is 317 g/mol. The number of hydrogen-bond acceptors (Lipinski definition) is 4. The van der Waals surface area contributed by atoms with Crippen LogP contribution in [0.5, 0.6) is 0 Å². The Labute approximate surface area is 138 Å².